The Labute approximate surface area is 197 Å². The van der Waals surface area contributed by atoms with Crippen LogP contribution >= 0.6 is 23.1 Å². The smallest absolute Gasteiger partial charge is 0.425 e. The molecule has 3 aromatic heterocycles. The maximum atomic E-state index is 15.0. The van der Waals surface area contributed by atoms with Crippen molar-refractivity contribution in [3.05, 3.63) is 44.5 Å². The zero-order valence-corrected chi connectivity index (χ0v) is 19.3. The van der Waals surface area contributed by atoms with Gasteiger partial charge in [-0.05, 0) is 38.4 Å². The van der Waals surface area contributed by atoms with Crippen LogP contribution in [0.25, 0.3) is 5.82 Å². The second-order valence-corrected chi connectivity index (χ2v) is 7.98. The zero-order chi connectivity index (χ0) is 25.4. The third-order valence-electron chi connectivity index (χ3n) is 4.53. The Hall–Kier alpha value is -3.04. The third kappa shape index (κ3) is 4.90. The zero-order valence-electron chi connectivity index (χ0n) is 17.8. The first-order chi connectivity index (χ1) is 15.9. The number of rotatable bonds is 7. The van der Waals surface area contributed by atoms with Crippen molar-refractivity contribution in [1.29, 1.82) is 0 Å². The highest BCUT2D eigenvalue weighted by Crippen LogP contribution is 2.32. The highest BCUT2D eigenvalue weighted by molar-refractivity contribution is 7.11. The van der Waals surface area contributed by atoms with Crippen LogP contribution in [0, 0.1) is 12.7 Å². The van der Waals surface area contributed by atoms with Crippen molar-refractivity contribution in [2.75, 3.05) is 5.32 Å². The monoisotopic (exact) mass is 524 g/mol. The van der Waals surface area contributed by atoms with Crippen molar-refractivity contribution in [3.63, 3.8) is 0 Å². The number of pyridine rings is 1. The molecule has 0 radical (unpaired) electrons. The number of alkyl halides is 3. The van der Waals surface area contributed by atoms with Crippen LogP contribution in [0.2, 0.25) is 5.02 Å². The number of aliphatic hydroxyl groups is 1. The summed E-state index contributed by atoms with van der Waals surface area (Å²) in [6.45, 7) is 3.20. The molecule has 0 bridgehead atoms. The molecule has 0 saturated carbocycles. The molecule has 3 aromatic rings. The van der Waals surface area contributed by atoms with Crippen LogP contribution in [0.4, 0.5) is 22.6 Å². The van der Waals surface area contributed by atoms with Crippen LogP contribution < -0.4 is 15.7 Å². The predicted octanol–water partition coefficient (Wildman–Crippen LogP) is 3.08. The predicted molar refractivity (Wildman–Crippen MR) is 113 cm³/mol. The molecular weight excluding hydrogens is 508 g/mol. The number of nitrogens with one attached hydrogen (secondary N) is 1. The van der Waals surface area contributed by atoms with E-state index < -0.39 is 53.6 Å². The third-order valence-corrected chi connectivity index (χ3v) is 5.96. The summed E-state index contributed by atoms with van der Waals surface area (Å²) in [5.74, 6) is -4.18. The molecule has 0 aromatic carbocycles. The quantitative estimate of drug-likeness (QED) is 0.455. The van der Waals surface area contributed by atoms with Crippen molar-refractivity contribution in [1.82, 2.24) is 23.7 Å². The van der Waals surface area contributed by atoms with Gasteiger partial charge in [0.1, 0.15) is 17.2 Å². The number of carbonyl (C=O) groups excluding carboxylic acids is 1. The second-order valence-electron chi connectivity index (χ2n) is 6.83. The normalized spacial score (nSPS) is 12.6. The average Bonchev–Trinajstić information content (AvgIpc) is 3.26. The average molecular weight is 525 g/mol. The Balaban J connectivity index is 2.14. The van der Waals surface area contributed by atoms with E-state index in [0.29, 0.717) is 23.4 Å². The molecule has 3 heterocycles. The Morgan fingerprint density at radius 1 is 1.41 bits per heavy atom. The number of carbonyl (C=O) groups is 1. The molecular formula is C18H17ClF4N6O4S. The van der Waals surface area contributed by atoms with Crippen LogP contribution in [0.15, 0.2) is 10.9 Å². The van der Waals surface area contributed by atoms with E-state index in [0.717, 1.165) is 16.1 Å². The van der Waals surface area contributed by atoms with Crippen molar-refractivity contribution in [2.45, 2.75) is 46.2 Å². The molecule has 0 fully saturated rings. The van der Waals surface area contributed by atoms with E-state index in [-0.39, 0.29) is 22.4 Å². The SMILES string of the molecule is CCn1c(CO)nn(-c2nc(O[C@@H](C)C(F)(F)F)c(C(=O)Nc3snc(C)c3Cl)cc2F)c1=O. The molecule has 0 spiro atoms. The van der Waals surface area contributed by atoms with Gasteiger partial charge in [0.05, 0.1) is 10.7 Å². The summed E-state index contributed by atoms with van der Waals surface area (Å²) in [5.41, 5.74) is -1.20. The first kappa shape index (κ1) is 25.6. The number of amides is 1. The summed E-state index contributed by atoms with van der Waals surface area (Å²) >= 11 is 6.83. The molecule has 0 aliphatic rings. The van der Waals surface area contributed by atoms with Crippen LogP contribution in [-0.4, -0.2) is 47.0 Å². The fourth-order valence-corrected chi connectivity index (χ4v) is 3.64. The van der Waals surface area contributed by atoms with Gasteiger partial charge in [-0.2, -0.15) is 27.2 Å². The number of hydrogen-bond donors (Lipinski definition) is 2. The van der Waals surface area contributed by atoms with Crippen molar-refractivity contribution in [3.8, 4) is 11.7 Å². The number of aryl methyl sites for hydroxylation is 1. The minimum atomic E-state index is -4.84. The lowest BCUT2D eigenvalue weighted by molar-refractivity contribution is -0.190. The standard InChI is InChI=1S/C18H17ClF4N6O4S/c1-4-28-11(6-30)26-29(17(28)32)13-10(20)5-9(15(24-13)33-8(3)18(21,22)23)14(31)25-16-12(19)7(2)27-34-16/h5,8,30H,4,6H2,1-3H3,(H,25,31)/t8-/m0/s1. The van der Waals surface area contributed by atoms with Gasteiger partial charge in [0.25, 0.3) is 5.91 Å². The molecule has 34 heavy (non-hydrogen) atoms. The molecule has 0 unspecified atom stereocenters. The lowest BCUT2D eigenvalue weighted by atomic mass is 10.2. The molecule has 184 valence electrons. The maximum absolute atomic E-state index is 15.0. The number of aliphatic hydroxyl groups excluding tert-OH is 1. The van der Waals surface area contributed by atoms with E-state index in [2.05, 4.69) is 19.8 Å². The summed E-state index contributed by atoms with van der Waals surface area (Å²) in [4.78, 5) is 29.0. The lowest BCUT2D eigenvalue weighted by Gasteiger charge is -2.19. The van der Waals surface area contributed by atoms with Gasteiger partial charge in [-0.3, -0.25) is 9.36 Å². The van der Waals surface area contributed by atoms with Crippen LogP contribution in [0.5, 0.6) is 5.88 Å². The van der Waals surface area contributed by atoms with E-state index in [1.807, 2.05) is 0 Å². The van der Waals surface area contributed by atoms with Gasteiger partial charge in [-0.25, -0.2) is 9.18 Å². The van der Waals surface area contributed by atoms with Crippen molar-refractivity contribution < 1.29 is 32.2 Å². The van der Waals surface area contributed by atoms with E-state index in [1.54, 1.807) is 13.8 Å². The second kappa shape index (κ2) is 9.68. The largest absolute Gasteiger partial charge is 0.464 e. The number of nitrogens with zero attached hydrogens (tertiary/aromatic N) is 5. The van der Waals surface area contributed by atoms with Crippen LogP contribution in [-0.2, 0) is 13.2 Å². The van der Waals surface area contributed by atoms with E-state index in [4.69, 9.17) is 16.3 Å². The van der Waals surface area contributed by atoms with Crippen LogP contribution in [0.3, 0.4) is 0 Å². The molecule has 2 N–H and O–H groups in total. The summed E-state index contributed by atoms with van der Waals surface area (Å²) in [6.07, 6.45) is -7.27. The minimum Gasteiger partial charge on any atom is -0.464 e. The Bertz CT molecular complexity index is 1290. The van der Waals surface area contributed by atoms with E-state index in [9.17, 15) is 32.3 Å². The lowest BCUT2D eigenvalue weighted by Crippen LogP contribution is -2.33. The molecule has 0 aliphatic heterocycles. The van der Waals surface area contributed by atoms with E-state index >= 15 is 0 Å². The molecule has 3 rings (SSSR count). The van der Waals surface area contributed by atoms with Gasteiger partial charge in [0.15, 0.2) is 23.6 Å². The molecule has 16 heteroatoms. The highest BCUT2D eigenvalue weighted by atomic mass is 35.5. The van der Waals surface area contributed by atoms with Crippen molar-refractivity contribution >= 4 is 34.0 Å². The number of hydrogen-bond acceptors (Lipinski definition) is 8. The van der Waals surface area contributed by atoms with Gasteiger partial charge in [-0.1, -0.05) is 11.6 Å². The topological polar surface area (TPSA) is 124 Å². The Morgan fingerprint density at radius 2 is 2.09 bits per heavy atom. The summed E-state index contributed by atoms with van der Waals surface area (Å²) in [5, 5.41) is 15.7. The van der Waals surface area contributed by atoms with E-state index in [1.165, 1.54) is 0 Å². The molecule has 10 nitrogen and oxygen atoms in total. The molecule has 0 saturated heterocycles. The number of anilines is 1. The molecule has 1 atom stereocenters. The number of aromatic nitrogens is 5. The van der Waals surface area contributed by atoms with Gasteiger partial charge in [0.2, 0.25) is 5.88 Å². The van der Waals surface area contributed by atoms with Gasteiger partial charge in [-0.15, -0.1) is 5.10 Å². The number of halogens is 5. The molecule has 1 amide bonds. The minimum absolute atomic E-state index is 0.0698. The fourth-order valence-electron chi connectivity index (χ4n) is 2.71. The summed E-state index contributed by atoms with van der Waals surface area (Å²) in [7, 11) is 0. The Morgan fingerprint density at radius 3 is 2.59 bits per heavy atom. The first-order valence-corrected chi connectivity index (χ1v) is 10.7. The Kier molecular flexibility index (Phi) is 7.28. The first-order valence-electron chi connectivity index (χ1n) is 9.56. The fraction of sp³-hybridized carbons (Fsp3) is 0.389. The van der Waals surface area contributed by atoms with Gasteiger partial charge >= 0.3 is 11.9 Å². The van der Waals surface area contributed by atoms with Gasteiger partial charge < -0.3 is 15.2 Å². The molecule has 0 aliphatic carbocycles. The summed E-state index contributed by atoms with van der Waals surface area (Å²) < 4.78 is 64.6. The van der Waals surface area contributed by atoms with Crippen LogP contribution in [0.1, 0.15) is 35.7 Å². The van der Waals surface area contributed by atoms with Gasteiger partial charge in [0, 0.05) is 6.54 Å². The highest BCUT2D eigenvalue weighted by Gasteiger charge is 2.39. The number of ether oxygens (including phenoxy) is 1. The maximum Gasteiger partial charge on any atom is 0.425 e. The summed E-state index contributed by atoms with van der Waals surface area (Å²) in [6, 6.07) is 0.563. The van der Waals surface area contributed by atoms with Crippen molar-refractivity contribution in [2.24, 2.45) is 0 Å².